The smallest absolute Gasteiger partial charge is 0.291 e. The molecule has 0 unspecified atom stereocenters. The van der Waals surface area contributed by atoms with E-state index < -0.39 is 11.8 Å². The third-order valence-corrected chi connectivity index (χ3v) is 3.34. The summed E-state index contributed by atoms with van der Waals surface area (Å²) in [6.45, 7) is 0. The molecule has 0 saturated carbocycles. The molecule has 0 radical (unpaired) electrons. The van der Waals surface area contributed by atoms with Crippen LogP contribution in [0.2, 0.25) is 0 Å². The van der Waals surface area contributed by atoms with Gasteiger partial charge < -0.3 is 9.73 Å². The first kappa shape index (κ1) is 16.2. The van der Waals surface area contributed by atoms with Crippen LogP contribution in [-0.2, 0) is 0 Å². The molecule has 2 amide bonds. The average molecular weight is 333 g/mol. The van der Waals surface area contributed by atoms with Gasteiger partial charge in [0.15, 0.2) is 5.76 Å². The predicted molar refractivity (Wildman–Crippen MR) is 94.6 cm³/mol. The Hall–Kier alpha value is -3.67. The largest absolute Gasteiger partial charge is 0.459 e. The van der Waals surface area contributed by atoms with Crippen LogP contribution < -0.4 is 10.7 Å². The highest BCUT2D eigenvalue weighted by molar-refractivity contribution is 6.07. The minimum absolute atomic E-state index is 0.164. The Bertz CT molecular complexity index is 887. The number of hydrogen-bond acceptors (Lipinski definition) is 4. The average Bonchev–Trinajstić information content (AvgIpc) is 3.18. The van der Waals surface area contributed by atoms with E-state index in [1.165, 1.54) is 6.26 Å². The monoisotopic (exact) mass is 333 g/mol. The maximum Gasteiger partial charge on any atom is 0.291 e. The zero-order chi connectivity index (χ0) is 17.5. The number of furan rings is 1. The van der Waals surface area contributed by atoms with E-state index in [9.17, 15) is 9.59 Å². The zero-order valence-electron chi connectivity index (χ0n) is 13.2. The quantitative estimate of drug-likeness (QED) is 0.555. The summed E-state index contributed by atoms with van der Waals surface area (Å²) in [5.41, 5.74) is 3.99. The van der Waals surface area contributed by atoms with Crippen molar-refractivity contribution in [3.8, 4) is 0 Å². The van der Waals surface area contributed by atoms with E-state index in [1.807, 2.05) is 30.3 Å². The summed E-state index contributed by atoms with van der Waals surface area (Å²) in [4.78, 5) is 24.4. The molecule has 0 bridgehead atoms. The lowest BCUT2D eigenvalue weighted by Crippen LogP contribution is -2.21. The first-order valence-corrected chi connectivity index (χ1v) is 7.56. The van der Waals surface area contributed by atoms with Crippen LogP contribution >= 0.6 is 0 Å². The molecule has 0 aliphatic rings. The number of carbonyl (C=O) groups is 2. The normalized spacial score (nSPS) is 10.6. The second-order valence-corrected chi connectivity index (χ2v) is 5.09. The topological polar surface area (TPSA) is 83.7 Å². The Balaban J connectivity index is 1.70. The number of benzene rings is 2. The molecule has 2 N–H and O–H groups in total. The van der Waals surface area contributed by atoms with E-state index in [-0.39, 0.29) is 5.76 Å². The van der Waals surface area contributed by atoms with E-state index in [2.05, 4.69) is 15.8 Å². The fourth-order valence-corrected chi connectivity index (χ4v) is 2.15. The van der Waals surface area contributed by atoms with Crippen LogP contribution in [0.25, 0.3) is 0 Å². The van der Waals surface area contributed by atoms with E-state index >= 15 is 0 Å². The summed E-state index contributed by atoms with van der Waals surface area (Å²) >= 11 is 0. The Morgan fingerprint density at radius 3 is 2.40 bits per heavy atom. The van der Waals surface area contributed by atoms with Crippen molar-refractivity contribution in [1.82, 2.24) is 5.43 Å². The van der Waals surface area contributed by atoms with Gasteiger partial charge in [0.1, 0.15) is 0 Å². The van der Waals surface area contributed by atoms with Gasteiger partial charge in [-0.1, -0.05) is 42.5 Å². The maximum atomic E-state index is 12.3. The summed E-state index contributed by atoms with van der Waals surface area (Å²) < 4.78 is 5.05. The van der Waals surface area contributed by atoms with Crippen LogP contribution in [0, 0.1) is 0 Å². The molecular weight excluding hydrogens is 318 g/mol. The van der Waals surface area contributed by atoms with Gasteiger partial charge in [-0.2, -0.15) is 5.10 Å². The second-order valence-electron chi connectivity index (χ2n) is 5.09. The fraction of sp³-hybridized carbons (Fsp3) is 0. The predicted octanol–water partition coefficient (Wildman–Crippen LogP) is 3.30. The SMILES string of the molecule is O=C(Nc1ccccc1C(=O)N/N=C\c1ccccc1)c1ccco1. The van der Waals surface area contributed by atoms with Crippen molar-refractivity contribution in [2.45, 2.75) is 0 Å². The highest BCUT2D eigenvalue weighted by atomic mass is 16.3. The van der Waals surface area contributed by atoms with Gasteiger partial charge in [-0.25, -0.2) is 5.43 Å². The first-order valence-electron chi connectivity index (χ1n) is 7.56. The molecule has 0 atom stereocenters. The molecule has 3 rings (SSSR count). The van der Waals surface area contributed by atoms with Crippen LogP contribution in [0.1, 0.15) is 26.5 Å². The molecule has 25 heavy (non-hydrogen) atoms. The Labute approximate surface area is 144 Å². The van der Waals surface area contributed by atoms with Gasteiger partial charge in [0.2, 0.25) is 0 Å². The summed E-state index contributed by atoms with van der Waals surface area (Å²) in [6.07, 6.45) is 2.95. The summed E-state index contributed by atoms with van der Waals surface area (Å²) in [6, 6.07) is 19.2. The lowest BCUT2D eigenvalue weighted by molar-refractivity contribution is 0.0956. The van der Waals surface area contributed by atoms with Crippen molar-refractivity contribution in [2.24, 2.45) is 5.10 Å². The lowest BCUT2D eigenvalue weighted by Gasteiger charge is -2.08. The van der Waals surface area contributed by atoms with Gasteiger partial charge in [0.05, 0.1) is 23.7 Å². The van der Waals surface area contributed by atoms with Crippen LogP contribution in [-0.4, -0.2) is 18.0 Å². The number of hydrogen-bond donors (Lipinski definition) is 2. The molecule has 6 heteroatoms. The van der Waals surface area contributed by atoms with Crippen molar-refractivity contribution in [2.75, 3.05) is 5.32 Å². The molecule has 124 valence electrons. The highest BCUT2D eigenvalue weighted by Gasteiger charge is 2.14. The number of carbonyl (C=O) groups excluding carboxylic acids is 2. The second kappa shape index (κ2) is 7.74. The number of hydrazone groups is 1. The fourth-order valence-electron chi connectivity index (χ4n) is 2.15. The van der Waals surface area contributed by atoms with Crippen LogP contribution in [0.3, 0.4) is 0 Å². The first-order chi connectivity index (χ1) is 12.2. The number of nitrogens with one attached hydrogen (secondary N) is 2. The number of nitrogens with zero attached hydrogens (tertiary/aromatic N) is 1. The molecule has 1 aromatic heterocycles. The maximum absolute atomic E-state index is 12.3. The van der Waals surface area contributed by atoms with Gasteiger partial charge in [-0.3, -0.25) is 9.59 Å². The molecule has 0 fully saturated rings. The van der Waals surface area contributed by atoms with Gasteiger partial charge in [-0.15, -0.1) is 0 Å². The van der Waals surface area contributed by atoms with E-state index in [0.29, 0.717) is 11.3 Å². The van der Waals surface area contributed by atoms with Gasteiger partial charge >= 0.3 is 0 Å². The molecular formula is C19H15N3O3. The minimum atomic E-state index is -0.432. The number of amides is 2. The Morgan fingerprint density at radius 1 is 0.880 bits per heavy atom. The van der Waals surface area contributed by atoms with Crippen molar-refractivity contribution in [3.05, 3.63) is 89.9 Å². The van der Waals surface area contributed by atoms with Crippen molar-refractivity contribution in [1.29, 1.82) is 0 Å². The Kier molecular flexibility index (Phi) is 5.01. The molecule has 6 nitrogen and oxygen atoms in total. The summed E-state index contributed by atoms with van der Waals surface area (Å²) in [5, 5.41) is 6.59. The molecule has 0 saturated heterocycles. The molecule has 0 aliphatic heterocycles. The third kappa shape index (κ3) is 4.20. The van der Waals surface area contributed by atoms with Crippen LogP contribution in [0.5, 0.6) is 0 Å². The van der Waals surface area contributed by atoms with Crippen LogP contribution in [0.4, 0.5) is 5.69 Å². The van der Waals surface area contributed by atoms with E-state index in [4.69, 9.17) is 4.42 Å². The summed E-state index contributed by atoms with van der Waals surface area (Å²) in [7, 11) is 0. The Morgan fingerprint density at radius 2 is 1.64 bits per heavy atom. The van der Waals surface area contributed by atoms with Crippen molar-refractivity contribution < 1.29 is 14.0 Å². The van der Waals surface area contributed by atoms with Crippen molar-refractivity contribution >= 4 is 23.7 Å². The lowest BCUT2D eigenvalue weighted by atomic mass is 10.1. The van der Waals surface area contributed by atoms with Gasteiger partial charge in [-0.05, 0) is 29.8 Å². The molecule has 2 aromatic carbocycles. The van der Waals surface area contributed by atoms with Gasteiger partial charge in [0.25, 0.3) is 11.8 Å². The molecule has 0 spiro atoms. The number of para-hydroxylation sites is 1. The minimum Gasteiger partial charge on any atom is -0.459 e. The molecule has 0 aliphatic carbocycles. The molecule has 3 aromatic rings. The summed E-state index contributed by atoms with van der Waals surface area (Å²) in [5.74, 6) is -0.696. The number of anilines is 1. The van der Waals surface area contributed by atoms with Gasteiger partial charge in [0, 0.05) is 0 Å². The highest BCUT2D eigenvalue weighted by Crippen LogP contribution is 2.16. The standard InChI is InChI=1S/C19H15N3O3/c23-18(22-20-13-14-7-2-1-3-8-14)15-9-4-5-10-16(15)21-19(24)17-11-6-12-25-17/h1-13H,(H,21,24)(H,22,23)/b20-13-. The van der Waals surface area contributed by atoms with Crippen LogP contribution in [0.15, 0.2) is 82.5 Å². The zero-order valence-corrected chi connectivity index (χ0v) is 13.2. The molecule has 1 heterocycles. The third-order valence-electron chi connectivity index (χ3n) is 3.34. The van der Waals surface area contributed by atoms with Crippen molar-refractivity contribution in [3.63, 3.8) is 0 Å². The number of rotatable bonds is 5. The van der Waals surface area contributed by atoms with E-state index in [1.54, 1.807) is 42.6 Å². The van der Waals surface area contributed by atoms with E-state index in [0.717, 1.165) is 5.56 Å².